The molecule has 0 aliphatic carbocycles. The van der Waals surface area contributed by atoms with E-state index in [0.29, 0.717) is 24.7 Å². The van der Waals surface area contributed by atoms with Gasteiger partial charge < -0.3 is 20.1 Å². The highest BCUT2D eigenvalue weighted by Crippen LogP contribution is 2.20. The van der Waals surface area contributed by atoms with Gasteiger partial charge >= 0.3 is 12.2 Å². The van der Waals surface area contributed by atoms with Gasteiger partial charge in [0.1, 0.15) is 13.2 Å². The topological polar surface area (TPSA) is 76.7 Å². The summed E-state index contributed by atoms with van der Waals surface area (Å²) in [4.78, 5) is 22.7. The molecule has 8 heteroatoms. The first-order chi connectivity index (χ1) is 9.99. The lowest BCUT2D eigenvalue weighted by atomic mass is 10.1. The van der Waals surface area contributed by atoms with Gasteiger partial charge in [-0.2, -0.15) is 0 Å². The van der Waals surface area contributed by atoms with E-state index < -0.39 is 12.2 Å². The molecule has 0 fully saturated rings. The lowest BCUT2D eigenvalue weighted by Gasteiger charge is -2.20. The largest absolute Gasteiger partial charge is 0.449 e. The van der Waals surface area contributed by atoms with Crippen LogP contribution in [0.5, 0.6) is 0 Å². The standard InChI is InChI=1S/C14H28N2O4S2/c1-13(2,3)15-11(17)19-7-9-21-22-10-8-20-12(18)16-14(4,5)6/h7-10H2,1-6H3,(H,15,17)(H,16,18). The van der Waals surface area contributed by atoms with Crippen LogP contribution in [0, 0.1) is 0 Å². The van der Waals surface area contributed by atoms with Crippen LogP contribution in [0.25, 0.3) is 0 Å². The molecule has 0 bridgehead atoms. The monoisotopic (exact) mass is 352 g/mol. The number of alkyl carbamates (subject to hydrolysis) is 2. The predicted molar refractivity (Wildman–Crippen MR) is 93.4 cm³/mol. The van der Waals surface area contributed by atoms with E-state index in [1.807, 2.05) is 41.5 Å². The summed E-state index contributed by atoms with van der Waals surface area (Å²) in [6.07, 6.45) is -0.805. The lowest BCUT2D eigenvalue weighted by Crippen LogP contribution is -2.41. The van der Waals surface area contributed by atoms with Crippen molar-refractivity contribution < 1.29 is 19.1 Å². The molecular weight excluding hydrogens is 324 g/mol. The van der Waals surface area contributed by atoms with Crippen molar-refractivity contribution in [1.29, 1.82) is 0 Å². The summed E-state index contributed by atoms with van der Waals surface area (Å²) in [5, 5.41) is 5.44. The third-order valence-corrected chi connectivity index (χ3v) is 4.17. The molecule has 22 heavy (non-hydrogen) atoms. The van der Waals surface area contributed by atoms with Crippen molar-refractivity contribution >= 4 is 33.8 Å². The molecule has 0 aliphatic heterocycles. The number of carbonyl (C=O) groups excluding carboxylic acids is 2. The Morgan fingerprint density at radius 3 is 1.36 bits per heavy atom. The van der Waals surface area contributed by atoms with Gasteiger partial charge in [0, 0.05) is 22.6 Å². The fourth-order valence-electron chi connectivity index (χ4n) is 1.14. The average Bonchev–Trinajstić information content (AvgIpc) is 2.27. The second-order valence-electron chi connectivity index (χ2n) is 6.67. The van der Waals surface area contributed by atoms with E-state index in [1.165, 1.54) is 0 Å². The molecule has 6 nitrogen and oxygen atoms in total. The van der Waals surface area contributed by atoms with Crippen LogP contribution >= 0.6 is 21.6 Å². The van der Waals surface area contributed by atoms with Gasteiger partial charge in [-0.25, -0.2) is 9.59 Å². The Morgan fingerprint density at radius 1 is 0.773 bits per heavy atom. The van der Waals surface area contributed by atoms with Crippen LogP contribution in [0.4, 0.5) is 9.59 Å². The minimum absolute atomic E-state index is 0.288. The lowest BCUT2D eigenvalue weighted by molar-refractivity contribution is 0.143. The number of rotatable bonds is 7. The van der Waals surface area contributed by atoms with E-state index in [0.717, 1.165) is 0 Å². The van der Waals surface area contributed by atoms with Crippen LogP contribution in [-0.2, 0) is 9.47 Å². The highest BCUT2D eigenvalue weighted by atomic mass is 33.1. The van der Waals surface area contributed by atoms with Gasteiger partial charge in [0.25, 0.3) is 0 Å². The van der Waals surface area contributed by atoms with E-state index in [4.69, 9.17) is 9.47 Å². The van der Waals surface area contributed by atoms with Crippen molar-refractivity contribution in [3.63, 3.8) is 0 Å². The number of hydrogen-bond donors (Lipinski definition) is 2. The van der Waals surface area contributed by atoms with Crippen LogP contribution in [0.3, 0.4) is 0 Å². The molecule has 0 aromatic heterocycles. The minimum Gasteiger partial charge on any atom is -0.449 e. The molecule has 0 spiro atoms. The van der Waals surface area contributed by atoms with Crippen molar-refractivity contribution in [2.24, 2.45) is 0 Å². The van der Waals surface area contributed by atoms with Gasteiger partial charge in [0.05, 0.1) is 0 Å². The smallest absolute Gasteiger partial charge is 0.407 e. The van der Waals surface area contributed by atoms with Crippen LogP contribution in [0.15, 0.2) is 0 Å². The molecule has 0 radical (unpaired) electrons. The molecule has 130 valence electrons. The highest BCUT2D eigenvalue weighted by Gasteiger charge is 2.15. The third-order valence-electron chi connectivity index (χ3n) is 1.84. The molecular formula is C14H28N2O4S2. The van der Waals surface area contributed by atoms with Crippen molar-refractivity contribution in [3.05, 3.63) is 0 Å². The van der Waals surface area contributed by atoms with E-state index in [2.05, 4.69) is 10.6 Å². The fourth-order valence-corrected chi connectivity index (χ4v) is 2.79. The van der Waals surface area contributed by atoms with Gasteiger partial charge in [-0.3, -0.25) is 0 Å². The Labute approximate surface area is 141 Å². The maximum absolute atomic E-state index is 11.4. The molecule has 0 aromatic rings. The molecule has 0 saturated heterocycles. The van der Waals surface area contributed by atoms with Crippen molar-refractivity contribution in [3.8, 4) is 0 Å². The molecule has 2 N–H and O–H groups in total. The third kappa shape index (κ3) is 15.6. The summed E-state index contributed by atoms with van der Waals surface area (Å²) in [6, 6.07) is 0. The first-order valence-electron chi connectivity index (χ1n) is 7.14. The molecule has 0 atom stereocenters. The number of ether oxygens (including phenoxy) is 2. The van der Waals surface area contributed by atoms with E-state index in [9.17, 15) is 9.59 Å². The van der Waals surface area contributed by atoms with Gasteiger partial charge in [0.2, 0.25) is 0 Å². The van der Waals surface area contributed by atoms with Crippen LogP contribution in [-0.4, -0.2) is 48.0 Å². The SMILES string of the molecule is CC(C)(C)NC(=O)OCCSSCCOC(=O)NC(C)(C)C. The molecule has 0 saturated carbocycles. The van der Waals surface area contributed by atoms with Gasteiger partial charge in [-0.05, 0) is 41.5 Å². The zero-order valence-electron chi connectivity index (χ0n) is 14.3. The number of nitrogens with one attached hydrogen (secondary N) is 2. The first kappa shape index (κ1) is 21.2. The molecule has 0 aromatic carbocycles. The summed E-state index contributed by atoms with van der Waals surface area (Å²) in [5.74, 6) is 1.38. The van der Waals surface area contributed by atoms with Gasteiger partial charge in [-0.15, -0.1) is 0 Å². The first-order valence-corrected chi connectivity index (χ1v) is 9.63. The highest BCUT2D eigenvalue weighted by molar-refractivity contribution is 8.76. The summed E-state index contributed by atoms with van der Waals surface area (Å²) in [7, 11) is 3.16. The summed E-state index contributed by atoms with van der Waals surface area (Å²) in [6.45, 7) is 12.1. The quantitative estimate of drug-likeness (QED) is 0.540. The Balaban J connectivity index is 3.45. The Kier molecular flexibility index (Phi) is 9.75. The Hall–Kier alpha value is -0.760. The average molecular weight is 353 g/mol. The summed E-state index contributed by atoms with van der Waals surface area (Å²) in [5.41, 5.74) is -0.576. The molecule has 0 aliphatic rings. The van der Waals surface area contributed by atoms with Crippen LogP contribution in [0.1, 0.15) is 41.5 Å². The second-order valence-corrected chi connectivity index (χ2v) is 9.37. The zero-order chi connectivity index (χ0) is 17.2. The maximum atomic E-state index is 11.4. The zero-order valence-corrected chi connectivity index (χ0v) is 15.9. The molecule has 0 rings (SSSR count). The van der Waals surface area contributed by atoms with Crippen LogP contribution < -0.4 is 10.6 Å². The summed E-state index contributed by atoms with van der Waals surface area (Å²) < 4.78 is 10.1. The Morgan fingerprint density at radius 2 is 1.09 bits per heavy atom. The van der Waals surface area contributed by atoms with Crippen molar-refractivity contribution in [2.75, 3.05) is 24.7 Å². The molecule has 0 unspecified atom stereocenters. The maximum Gasteiger partial charge on any atom is 0.407 e. The number of hydrogen-bond acceptors (Lipinski definition) is 6. The van der Waals surface area contributed by atoms with Crippen molar-refractivity contribution in [1.82, 2.24) is 10.6 Å². The van der Waals surface area contributed by atoms with Crippen LogP contribution in [0.2, 0.25) is 0 Å². The number of carbonyl (C=O) groups is 2. The van der Waals surface area contributed by atoms with Gasteiger partial charge in [0.15, 0.2) is 0 Å². The fraction of sp³-hybridized carbons (Fsp3) is 0.857. The van der Waals surface area contributed by atoms with E-state index >= 15 is 0 Å². The van der Waals surface area contributed by atoms with E-state index in [-0.39, 0.29) is 11.1 Å². The summed E-state index contributed by atoms with van der Waals surface area (Å²) >= 11 is 0. The van der Waals surface area contributed by atoms with Gasteiger partial charge in [-0.1, -0.05) is 21.6 Å². The van der Waals surface area contributed by atoms with Crippen molar-refractivity contribution in [2.45, 2.75) is 52.6 Å². The Bertz CT molecular complexity index is 318. The van der Waals surface area contributed by atoms with E-state index in [1.54, 1.807) is 21.6 Å². The predicted octanol–water partition coefficient (Wildman–Crippen LogP) is 3.42. The second kappa shape index (κ2) is 10.1. The normalized spacial score (nSPS) is 11.7. The minimum atomic E-state index is -0.403. The molecule has 0 heterocycles. The number of amides is 2. The molecule has 2 amide bonds.